The molecule has 3 rings (SSSR count). The Bertz CT molecular complexity index is 764. The van der Waals surface area contributed by atoms with Crippen LogP contribution in [0, 0.1) is 5.92 Å². The van der Waals surface area contributed by atoms with E-state index in [1.165, 1.54) is 4.90 Å². The Morgan fingerprint density at radius 2 is 2.04 bits per heavy atom. The molecule has 2 heterocycles. The van der Waals surface area contributed by atoms with Gasteiger partial charge in [0.05, 0.1) is 25.6 Å². The molecule has 2 aliphatic heterocycles. The van der Waals surface area contributed by atoms with Gasteiger partial charge in [-0.3, -0.25) is 9.59 Å². The zero-order valence-corrected chi connectivity index (χ0v) is 17.1. The fourth-order valence-electron chi connectivity index (χ4n) is 4.07. The summed E-state index contributed by atoms with van der Waals surface area (Å²) in [5.41, 5.74) is -0.385. The van der Waals surface area contributed by atoms with Gasteiger partial charge in [0, 0.05) is 17.9 Å². The number of amides is 3. The fourth-order valence-corrected chi connectivity index (χ4v) is 4.26. The second kappa shape index (κ2) is 8.49. The number of hydrogen-bond acceptors (Lipinski definition) is 4. The number of urea groups is 1. The molecule has 1 atom stereocenters. The number of benzene rings is 1. The molecule has 3 amide bonds. The van der Waals surface area contributed by atoms with Crippen molar-refractivity contribution in [2.45, 2.75) is 38.6 Å². The molecular formula is C20H27ClN3O4+. The number of carbonyl (C=O) groups excluding carboxylic acids is 3. The van der Waals surface area contributed by atoms with Crippen LogP contribution in [0.25, 0.3) is 0 Å². The van der Waals surface area contributed by atoms with Gasteiger partial charge in [-0.1, -0.05) is 30.7 Å². The molecule has 152 valence electrons. The van der Waals surface area contributed by atoms with E-state index in [4.69, 9.17) is 16.3 Å². The van der Waals surface area contributed by atoms with Crippen molar-refractivity contribution in [3.63, 3.8) is 0 Å². The molecule has 0 aliphatic carbocycles. The monoisotopic (exact) mass is 408 g/mol. The number of esters is 1. The summed E-state index contributed by atoms with van der Waals surface area (Å²) in [5.74, 6) is -0.488. The number of nitrogens with zero attached hydrogens (tertiary/aromatic N) is 1. The van der Waals surface area contributed by atoms with Gasteiger partial charge in [-0.05, 0) is 31.0 Å². The van der Waals surface area contributed by atoms with Crippen molar-refractivity contribution < 1.29 is 24.0 Å². The second-order valence-electron chi connectivity index (χ2n) is 7.37. The van der Waals surface area contributed by atoms with E-state index in [1.807, 2.05) is 13.0 Å². The van der Waals surface area contributed by atoms with Crippen LogP contribution >= 0.6 is 11.6 Å². The van der Waals surface area contributed by atoms with Crippen molar-refractivity contribution in [3.05, 3.63) is 34.9 Å². The second-order valence-corrected chi connectivity index (χ2v) is 7.80. The molecule has 0 bridgehead atoms. The number of ether oxygens (including phenoxy) is 1. The standard InChI is InChI=1S/C20H26ClN3O4/c1-3-20(15-6-5-7-16(21)12-15)18(26)24(19(27)22-20)13-23-10-8-14(9-11-23)17(25)28-4-2/h5-7,12,14H,3-4,8-11,13H2,1-2H3,(H,22,27)/p+1/t20-/m1/s1. The molecule has 1 aromatic carbocycles. The Balaban J connectivity index is 1.68. The number of imide groups is 1. The Kier molecular flexibility index (Phi) is 6.25. The van der Waals surface area contributed by atoms with E-state index in [-0.39, 0.29) is 23.8 Å². The molecule has 2 saturated heterocycles. The number of hydrogen-bond donors (Lipinski definition) is 2. The summed E-state index contributed by atoms with van der Waals surface area (Å²) < 4.78 is 5.10. The molecule has 2 N–H and O–H groups in total. The van der Waals surface area contributed by atoms with Gasteiger partial charge < -0.3 is 15.0 Å². The number of piperidine rings is 1. The summed E-state index contributed by atoms with van der Waals surface area (Å²) in [5, 5.41) is 3.41. The average molecular weight is 409 g/mol. The predicted octanol–water partition coefficient (Wildman–Crippen LogP) is 1.31. The summed E-state index contributed by atoms with van der Waals surface area (Å²) in [6.07, 6.45) is 1.84. The first kappa shape index (κ1) is 20.6. The quantitative estimate of drug-likeness (QED) is 0.549. The Hall–Kier alpha value is -2.12. The number of rotatable bonds is 6. The first-order chi connectivity index (χ1) is 13.4. The largest absolute Gasteiger partial charge is 0.466 e. The van der Waals surface area contributed by atoms with Gasteiger partial charge in [0.2, 0.25) is 0 Å². The molecule has 2 fully saturated rings. The highest BCUT2D eigenvalue weighted by atomic mass is 35.5. The van der Waals surface area contributed by atoms with Crippen molar-refractivity contribution in [1.82, 2.24) is 10.2 Å². The summed E-state index contributed by atoms with van der Waals surface area (Å²) in [6, 6.07) is 6.68. The summed E-state index contributed by atoms with van der Waals surface area (Å²) in [4.78, 5) is 40.1. The third-order valence-corrected chi connectivity index (χ3v) is 5.95. The number of halogens is 1. The molecule has 28 heavy (non-hydrogen) atoms. The number of likely N-dealkylation sites (tertiary alicyclic amines) is 1. The van der Waals surface area contributed by atoms with Crippen LogP contribution in [0.5, 0.6) is 0 Å². The van der Waals surface area contributed by atoms with Crippen molar-refractivity contribution in [1.29, 1.82) is 0 Å². The molecule has 0 saturated carbocycles. The van der Waals surface area contributed by atoms with E-state index in [0.29, 0.717) is 43.1 Å². The molecular weight excluding hydrogens is 382 g/mol. The lowest BCUT2D eigenvalue weighted by atomic mass is 9.87. The van der Waals surface area contributed by atoms with E-state index in [9.17, 15) is 14.4 Å². The van der Waals surface area contributed by atoms with Crippen LogP contribution in [0.1, 0.15) is 38.7 Å². The van der Waals surface area contributed by atoms with Crippen LogP contribution < -0.4 is 10.2 Å². The minimum atomic E-state index is -1.08. The van der Waals surface area contributed by atoms with Gasteiger partial charge in [0.25, 0.3) is 5.91 Å². The highest BCUT2D eigenvalue weighted by molar-refractivity contribution is 6.30. The molecule has 1 aromatic rings. The van der Waals surface area contributed by atoms with Gasteiger partial charge in [-0.2, -0.15) is 0 Å². The SMILES string of the molecule is CCOC(=O)C1CC[NH+](CN2C(=O)N[C@](CC)(c3cccc(Cl)c3)C2=O)CC1. The number of nitrogens with one attached hydrogen (secondary N) is 2. The third kappa shape index (κ3) is 3.86. The molecule has 0 spiro atoms. The molecule has 2 aliphatic rings. The van der Waals surface area contributed by atoms with Crippen LogP contribution in [0.4, 0.5) is 4.79 Å². The van der Waals surface area contributed by atoms with Crippen LogP contribution in [0.15, 0.2) is 24.3 Å². The predicted molar refractivity (Wildman–Crippen MR) is 104 cm³/mol. The van der Waals surface area contributed by atoms with E-state index >= 15 is 0 Å². The summed E-state index contributed by atoms with van der Waals surface area (Å²) in [6.45, 7) is 5.79. The maximum absolute atomic E-state index is 13.2. The van der Waals surface area contributed by atoms with Gasteiger partial charge >= 0.3 is 12.0 Å². The van der Waals surface area contributed by atoms with Crippen molar-refractivity contribution in [2.75, 3.05) is 26.4 Å². The van der Waals surface area contributed by atoms with E-state index in [2.05, 4.69) is 5.32 Å². The van der Waals surface area contributed by atoms with E-state index in [1.54, 1.807) is 25.1 Å². The zero-order chi connectivity index (χ0) is 20.3. The Labute approximate surface area is 169 Å². The molecule has 7 nitrogen and oxygen atoms in total. The Morgan fingerprint density at radius 1 is 1.32 bits per heavy atom. The van der Waals surface area contributed by atoms with Crippen LogP contribution in [0.3, 0.4) is 0 Å². The van der Waals surface area contributed by atoms with E-state index in [0.717, 1.165) is 18.0 Å². The average Bonchev–Trinajstić information content (AvgIpc) is 2.94. The minimum absolute atomic E-state index is 0.0898. The summed E-state index contributed by atoms with van der Waals surface area (Å²) >= 11 is 6.10. The normalized spacial score (nSPS) is 27.6. The Morgan fingerprint density at radius 3 is 2.64 bits per heavy atom. The van der Waals surface area contributed by atoms with E-state index < -0.39 is 5.54 Å². The number of quaternary nitrogens is 1. The highest BCUT2D eigenvalue weighted by Gasteiger charge is 2.52. The molecule has 0 radical (unpaired) electrons. The van der Waals surface area contributed by atoms with Crippen LogP contribution in [-0.4, -0.2) is 49.2 Å². The van der Waals surface area contributed by atoms with Crippen LogP contribution in [-0.2, 0) is 19.9 Å². The number of carbonyl (C=O) groups is 3. The highest BCUT2D eigenvalue weighted by Crippen LogP contribution is 2.33. The topological polar surface area (TPSA) is 80.2 Å². The molecule has 0 unspecified atom stereocenters. The molecule has 0 aromatic heterocycles. The maximum Gasteiger partial charge on any atom is 0.329 e. The van der Waals surface area contributed by atoms with Gasteiger partial charge in [-0.15, -0.1) is 0 Å². The van der Waals surface area contributed by atoms with Crippen molar-refractivity contribution >= 4 is 29.5 Å². The smallest absolute Gasteiger partial charge is 0.329 e. The first-order valence-corrected chi connectivity index (χ1v) is 10.2. The molecule has 8 heteroatoms. The first-order valence-electron chi connectivity index (χ1n) is 9.81. The fraction of sp³-hybridized carbons (Fsp3) is 0.550. The minimum Gasteiger partial charge on any atom is -0.466 e. The lowest BCUT2D eigenvalue weighted by Crippen LogP contribution is -3.14. The van der Waals surface area contributed by atoms with Crippen molar-refractivity contribution in [2.24, 2.45) is 5.92 Å². The lowest BCUT2D eigenvalue weighted by molar-refractivity contribution is -0.913. The summed E-state index contributed by atoms with van der Waals surface area (Å²) in [7, 11) is 0. The third-order valence-electron chi connectivity index (χ3n) is 5.72. The van der Waals surface area contributed by atoms with Gasteiger partial charge in [0.15, 0.2) is 6.67 Å². The maximum atomic E-state index is 13.2. The lowest BCUT2D eigenvalue weighted by Gasteiger charge is -2.30. The van der Waals surface area contributed by atoms with Gasteiger partial charge in [-0.25, -0.2) is 9.69 Å². The zero-order valence-electron chi connectivity index (χ0n) is 16.3. The van der Waals surface area contributed by atoms with Crippen LogP contribution in [0.2, 0.25) is 5.02 Å². The van der Waals surface area contributed by atoms with Gasteiger partial charge in [0.1, 0.15) is 5.54 Å². The van der Waals surface area contributed by atoms with Crippen molar-refractivity contribution in [3.8, 4) is 0 Å².